The Hall–Kier alpha value is -2.90. The van der Waals surface area contributed by atoms with E-state index in [4.69, 9.17) is 20.8 Å². The molecule has 2 atom stereocenters. The van der Waals surface area contributed by atoms with Crippen LogP contribution in [0.1, 0.15) is 48.8 Å². The molecule has 1 saturated carbocycles. The van der Waals surface area contributed by atoms with Crippen LogP contribution in [0.4, 0.5) is 4.39 Å². The monoisotopic (exact) mass is 513 g/mol. The zero-order chi connectivity index (χ0) is 25.4. The highest BCUT2D eigenvalue weighted by Gasteiger charge is 2.43. The van der Waals surface area contributed by atoms with Crippen LogP contribution in [0.3, 0.4) is 0 Å². The van der Waals surface area contributed by atoms with Crippen LogP contribution in [-0.2, 0) is 17.8 Å². The molecule has 3 aromatic rings. The van der Waals surface area contributed by atoms with Crippen LogP contribution in [0.5, 0.6) is 5.75 Å². The lowest BCUT2D eigenvalue weighted by molar-refractivity contribution is -0.142. The second kappa shape index (κ2) is 9.87. The predicted octanol–water partition coefficient (Wildman–Crippen LogP) is 5.17. The molecule has 1 aliphatic carbocycles. The predicted molar refractivity (Wildman–Crippen MR) is 135 cm³/mol. The van der Waals surface area contributed by atoms with Gasteiger partial charge < -0.3 is 19.2 Å². The number of rotatable bonds is 5. The summed E-state index contributed by atoms with van der Waals surface area (Å²) in [5.41, 5.74) is 0.373. The van der Waals surface area contributed by atoms with E-state index in [9.17, 15) is 19.1 Å². The first-order valence-corrected chi connectivity index (χ1v) is 12.7. The minimum atomic E-state index is -0.662. The van der Waals surface area contributed by atoms with Crippen molar-refractivity contribution in [2.45, 2.75) is 57.7 Å². The quantitative estimate of drug-likeness (QED) is 0.476. The van der Waals surface area contributed by atoms with Crippen molar-refractivity contribution >= 4 is 28.5 Å². The van der Waals surface area contributed by atoms with Crippen molar-refractivity contribution < 1.29 is 23.4 Å². The van der Waals surface area contributed by atoms with Gasteiger partial charge in [0, 0.05) is 36.0 Å². The molecular formula is C28H29ClFNO5. The molecule has 0 bridgehead atoms. The summed E-state index contributed by atoms with van der Waals surface area (Å²) in [4.78, 5) is 27.7. The summed E-state index contributed by atoms with van der Waals surface area (Å²) < 4.78 is 25.3. The summed E-state index contributed by atoms with van der Waals surface area (Å²) in [6.45, 7) is 2.76. The van der Waals surface area contributed by atoms with E-state index >= 15 is 0 Å². The topological polar surface area (TPSA) is 80.0 Å². The van der Waals surface area contributed by atoms with Crippen LogP contribution < -0.4 is 10.4 Å². The molecule has 2 aromatic carbocycles. The second-order valence-corrected chi connectivity index (χ2v) is 10.4. The fourth-order valence-electron chi connectivity index (χ4n) is 5.55. The first kappa shape index (κ1) is 24.8. The molecule has 0 unspecified atom stereocenters. The lowest BCUT2D eigenvalue weighted by Crippen LogP contribution is -2.55. The van der Waals surface area contributed by atoms with Gasteiger partial charge in [-0.25, -0.2) is 9.18 Å². The molecule has 36 heavy (non-hydrogen) atoms. The molecule has 0 radical (unpaired) electrons. The van der Waals surface area contributed by atoms with Crippen LogP contribution in [0, 0.1) is 18.7 Å². The number of piperidine rings is 1. The van der Waals surface area contributed by atoms with Gasteiger partial charge in [0.25, 0.3) is 0 Å². The Kier molecular flexibility index (Phi) is 6.79. The number of aliphatic hydroxyl groups is 1. The third-order valence-corrected chi connectivity index (χ3v) is 8.17. The average Bonchev–Trinajstić information content (AvgIpc) is 2.85. The Bertz CT molecular complexity index is 1350. The first-order chi connectivity index (χ1) is 17.2. The van der Waals surface area contributed by atoms with Crippen molar-refractivity contribution in [3.05, 3.63) is 74.3 Å². The van der Waals surface area contributed by atoms with Gasteiger partial charge in [0.1, 0.15) is 23.8 Å². The molecule has 1 saturated heterocycles. The van der Waals surface area contributed by atoms with Crippen LogP contribution in [0.25, 0.3) is 11.0 Å². The van der Waals surface area contributed by atoms with Gasteiger partial charge in [-0.05, 0) is 56.0 Å². The lowest BCUT2D eigenvalue weighted by Gasteiger charge is -2.47. The number of hydrogen-bond acceptors (Lipinski definition) is 5. The van der Waals surface area contributed by atoms with Gasteiger partial charge in [0.05, 0.1) is 22.6 Å². The van der Waals surface area contributed by atoms with E-state index in [1.807, 2.05) is 0 Å². The van der Waals surface area contributed by atoms with Crippen LogP contribution in [-0.4, -0.2) is 34.6 Å². The zero-order valence-electron chi connectivity index (χ0n) is 20.2. The van der Waals surface area contributed by atoms with E-state index in [0.29, 0.717) is 47.4 Å². The molecular weight excluding hydrogens is 485 g/mol. The van der Waals surface area contributed by atoms with Crippen molar-refractivity contribution in [1.29, 1.82) is 0 Å². The Morgan fingerprint density at radius 3 is 2.89 bits per heavy atom. The Morgan fingerprint density at radius 2 is 2.08 bits per heavy atom. The molecule has 1 N–H and O–H groups in total. The standard InChI is InChI=1S/C28H29ClFNO5/c1-17-20-9-8-19(35-16-22-23(29)6-4-7-24(22)30)13-25(20)36-27(33)21(17)14-26(32)31-12-11-28(34)10-3-2-5-18(28)15-31/h4,6-9,13,18,34H,2-3,5,10-12,14-16H2,1H3/t18-,28+/m0/s1. The van der Waals surface area contributed by atoms with Gasteiger partial charge in [-0.15, -0.1) is 0 Å². The Balaban J connectivity index is 1.32. The summed E-state index contributed by atoms with van der Waals surface area (Å²) in [6, 6.07) is 9.49. The molecule has 0 spiro atoms. The number of benzene rings is 2. The number of halogens is 2. The van der Waals surface area contributed by atoms with E-state index in [2.05, 4.69) is 0 Å². The number of likely N-dealkylation sites (tertiary alicyclic amines) is 1. The SMILES string of the molecule is Cc1c(CC(=O)N2CC[C@]3(O)CCCC[C@H]3C2)c(=O)oc2cc(OCc3c(F)cccc3Cl)ccc12. The van der Waals surface area contributed by atoms with Gasteiger partial charge in [-0.3, -0.25) is 4.79 Å². The smallest absolute Gasteiger partial charge is 0.340 e. The Morgan fingerprint density at radius 1 is 1.25 bits per heavy atom. The maximum atomic E-state index is 14.0. The summed E-state index contributed by atoms with van der Waals surface area (Å²) in [6.07, 6.45) is 4.36. The normalized spacial score (nSPS) is 21.9. The van der Waals surface area contributed by atoms with Crippen molar-refractivity contribution in [1.82, 2.24) is 4.90 Å². The van der Waals surface area contributed by atoms with Crippen LogP contribution in [0.15, 0.2) is 45.6 Å². The molecule has 2 fully saturated rings. The molecule has 2 aliphatic rings. The van der Waals surface area contributed by atoms with E-state index in [-0.39, 0.29) is 35.4 Å². The van der Waals surface area contributed by atoms with Gasteiger partial charge in [-0.1, -0.05) is 30.5 Å². The van der Waals surface area contributed by atoms with Crippen molar-refractivity contribution in [3.8, 4) is 5.75 Å². The molecule has 190 valence electrons. The van der Waals surface area contributed by atoms with E-state index in [1.54, 1.807) is 36.1 Å². The highest BCUT2D eigenvalue weighted by atomic mass is 35.5. The summed E-state index contributed by atoms with van der Waals surface area (Å²) in [7, 11) is 0. The fraction of sp³-hybridized carbons (Fsp3) is 0.429. The maximum Gasteiger partial charge on any atom is 0.340 e. The zero-order valence-corrected chi connectivity index (χ0v) is 20.9. The molecule has 1 amide bonds. The number of fused-ring (bicyclic) bond motifs is 2. The number of hydrogen-bond donors (Lipinski definition) is 1. The molecule has 1 aliphatic heterocycles. The molecule has 8 heteroatoms. The van der Waals surface area contributed by atoms with E-state index in [0.717, 1.165) is 25.7 Å². The summed E-state index contributed by atoms with van der Waals surface area (Å²) in [5, 5.41) is 11.9. The largest absolute Gasteiger partial charge is 0.489 e. The third kappa shape index (κ3) is 4.74. The fourth-order valence-corrected chi connectivity index (χ4v) is 5.77. The highest BCUT2D eigenvalue weighted by Crippen LogP contribution is 2.40. The number of amides is 1. The van der Waals surface area contributed by atoms with Crippen molar-refractivity contribution in [2.75, 3.05) is 13.1 Å². The molecule has 2 heterocycles. The van der Waals surface area contributed by atoms with Crippen molar-refractivity contribution in [2.24, 2.45) is 5.92 Å². The molecule has 5 rings (SSSR count). The third-order valence-electron chi connectivity index (χ3n) is 7.81. The number of ether oxygens (including phenoxy) is 1. The minimum absolute atomic E-state index is 0.0424. The second-order valence-electron chi connectivity index (χ2n) is 9.95. The molecule has 1 aromatic heterocycles. The maximum absolute atomic E-state index is 14.0. The molecule has 6 nitrogen and oxygen atoms in total. The van der Waals surface area contributed by atoms with Gasteiger partial charge in [0.15, 0.2) is 0 Å². The van der Waals surface area contributed by atoms with Crippen molar-refractivity contribution in [3.63, 3.8) is 0 Å². The van der Waals surface area contributed by atoms with Gasteiger partial charge >= 0.3 is 5.63 Å². The average molecular weight is 514 g/mol. The number of nitrogens with zero attached hydrogens (tertiary/aromatic N) is 1. The number of carbonyl (C=O) groups excluding carboxylic acids is 1. The lowest BCUT2D eigenvalue weighted by atomic mass is 9.71. The first-order valence-electron chi connectivity index (χ1n) is 12.4. The van der Waals surface area contributed by atoms with Gasteiger partial charge in [0.2, 0.25) is 5.91 Å². The van der Waals surface area contributed by atoms with Gasteiger partial charge in [-0.2, -0.15) is 0 Å². The summed E-state index contributed by atoms with van der Waals surface area (Å²) >= 11 is 6.06. The number of carbonyl (C=O) groups is 1. The number of aryl methyl sites for hydroxylation is 1. The van der Waals surface area contributed by atoms with Crippen LogP contribution in [0.2, 0.25) is 5.02 Å². The Labute approximate surface area is 213 Å². The van der Waals surface area contributed by atoms with E-state index in [1.165, 1.54) is 12.1 Å². The van der Waals surface area contributed by atoms with E-state index < -0.39 is 17.0 Å². The van der Waals surface area contributed by atoms with Crippen LogP contribution >= 0.6 is 11.6 Å². The highest BCUT2D eigenvalue weighted by molar-refractivity contribution is 6.31. The summed E-state index contributed by atoms with van der Waals surface area (Å²) in [5.74, 6) is -0.0851. The minimum Gasteiger partial charge on any atom is -0.489 e.